The van der Waals surface area contributed by atoms with Crippen LogP contribution >= 0.6 is 0 Å². The van der Waals surface area contributed by atoms with E-state index in [4.69, 9.17) is 11.2 Å². The van der Waals surface area contributed by atoms with Crippen molar-refractivity contribution in [2.75, 3.05) is 0 Å². The summed E-state index contributed by atoms with van der Waals surface area (Å²) in [5.41, 5.74) is 3.43. The van der Waals surface area contributed by atoms with E-state index in [1.165, 1.54) is 0 Å². The zero-order valence-corrected chi connectivity index (χ0v) is 12.7. The summed E-state index contributed by atoms with van der Waals surface area (Å²) >= 11 is 0. The lowest BCUT2D eigenvalue weighted by molar-refractivity contribution is 0.0374. The molecule has 112 valence electrons. The van der Waals surface area contributed by atoms with Gasteiger partial charge in [0, 0.05) is 11.6 Å². The lowest BCUT2D eigenvalue weighted by Crippen LogP contribution is -2.18. The average Bonchev–Trinajstić information content (AvgIpc) is 3.29. The minimum atomic E-state index is -0.400. The predicted octanol–water partition coefficient (Wildman–Crippen LogP) is 3.06. The molecule has 1 saturated carbocycles. The SMILES string of the molecule is C#C[C@H](OC(=O)c1ccc(-n2nc(C)cc2C)cc1)C1CC1. The normalized spacial score (nSPS) is 15.1. The van der Waals surface area contributed by atoms with E-state index in [0.717, 1.165) is 29.9 Å². The van der Waals surface area contributed by atoms with Gasteiger partial charge in [0.2, 0.25) is 0 Å². The topological polar surface area (TPSA) is 44.1 Å². The second kappa shape index (κ2) is 5.69. The minimum absolute atomic E-state index is 0.336. The molecule has 0 bridgehead atoms. The van der Waals surface area contributed by atoms with Crippen LogP contribution in [0, 0.1) is 32.1 Å². The molecule has 22 heavy (non-hydrogen) atoms. The molecule has 2 aromatic rings. The molecule has 4 heteroatoms. The van der Waals surface area contributed by atoms with Crippen molar-refractivity contribution >= 4 is 5.97 Å². The van der Waals surface area contributed by atoms with Crippen molar-refractivity contribution in [1.82, 2.24) is 9.78 Å². The number of terminal acetylenes is 1. The number of carbonyl (C=O) groups excluding carboxylic acids is 1. The van der Waals surface area contributed by atoms with Gasteiger partial charge >= 0.3 is 5.97 Å². The van der Waals surface area contributed by atoms with Crippen LogP contribution < -0.4 is 0 Å². The Morgan fingerprint density at radius 2 is 2.05 bits per heavy atom. The average molecular weight is 294 g/mol. The molecule has 1 aliphatic carbocycles. The summed E-state index contributed by atoms with van der Waals surface area (Å²) in [7, 11) is 0. The van der Waals surface area contributed by atoms with Crippen molar-refractivity contribution in [1.29, 1.82) is 0 Å². The summed E-state index contributed by atoms with van der Waals surface area (Å²) in [5, 5.41) is 4.42. The number of rotatable bonds is 4. The van der Waals surface area contributed by atoms with Gasteiger partial charge in [-0.3, -0.25) is 0 Å². The Bertz CT molecular complexity index is 733. The second-order valence-corrected chi connectivity index (χ2v) is 5.72. The highest BCUT2D eigenvalue weighted by Gasteiger charge is 2.33. The van der Waals surface area contributed by atoms with Crippen LogP contribution in [-0.4, -0.2) is 21.9 Å². The molecule has 0 aliphatic heterocycles. The van der Waals surface area contributed by atoms with Gasteiger partial charge in [-0.25, -0.2) is 9.48 Å². The smallest absolute Gasteiger partial charge is 0.339 e. The van der Waals surface area contributed by atoms with Gasteiger partial charge in [0.1, 0.15) is 0 Å². The van der Waals surface area contributed by atoms with Gasteiger partial charge < -0.3 is 4.74 Å². The summed E-state index contributed by atoms with van der Waals surface area (Å²) in [4.78, 5) is 12.1. The van der Waals surface area contributed by atoms with Crippen molar-refractivity contribution in [3.63, 3.8) is 0 Å². The number of hydrogen-bond donors (Lipinski definition) is 0. The zero-order chi connectivity index (χ0) is 15.7. The molecule has 4 nitrogen and oxygen atoms in total. The number of hydrogen-bond acceptors (Lipinski definition) is 3. The first-order chi connectivity index (χ1) is 10.6. The van der Waals surface area contributed by atoms with Crippen LogP contribution in [0.25, 0.3) is 5.69 Å². The van der Waals surface area contributed by atoms with Gasteiger partial charge in [0.15, 0.2) is 6.10 Å². The fraction of sp³-hybridized carbons (Fsp3) is 0.333. The molecule has 1 atom stereocenters. The Balaban J connectivity index is 1.75. The number of carbonyl (C=O) groups is 1. The van der Waals surface area contributed by atoms with Gasteiger partial charge in [0.25, 0.3) is 0 Å². The fourth-order valence-electron chi connectivity index (χ4n) is 2.48. The van der Waals surface area contributed by atoms with Gasteiger partial charge in [-0.1, -0.05) is 5.92 Å². The van der Waals surface area contributed by atoms with E-state index in [2.05, 4.69) is 11.0 Å². The highest BCUT2D eigenvalue weighted by Crippen LogP contribution is 2.34. The largest absolute Gasteiger partial charge is 0.445 e. The van der Waals surface area contributed by atoms with Crippen LogP contribution in [0.5, 0.6) is 0 Å². The van der Waals surface area contributed by atoms with Gasteiger partial charge in [-0.05, 0) is 57.0 Å². The maximum atomic E-state index is 12.1. The molecule has 1 heterocycles. The van der Waals surface area contributed by atoms with Crippen LogP contribution in [-0.2, 0) is 4.74 Å². The Kier molecular flexibility index (Phi) is 3.72. The number of nitrogens with zero attached hydrogens (tertiary/aromatic N) is 2. The molecule has 0 unspecified atom stereocenters. The lowest BCUT2D eigenvalue weighted by atomic mass is 10.2. The van der Waals surface area contributed by atoms with Crippen LogP contribution in [0.2, 0.25) is 0 Å². The molecule has 1 aliphatic rings. The van der Waals surface area contributed by atoms with E-state index in [1.807, 2.05) is 36.7 Å². The van der Waals surface area contributed by atoms with Crippen LogP contribution in [0.3, 0.4) is 0 Å². The van der Waals surface area contributed by atoms with Crippen molar-refractivity contribution in [3.05, 3.63) is 47.3 Å². The van der Waals surface area contributed by atoms with E-state index in [9.17, 15) is 4.79 Å². The molecule has 0 radical (unpaired) electrons. The lowest BCUT2D eigenvalue weighted by Gasteiger charge is -2.11. The molecular formula is C18H18N2O2. The molecule has 1 aromatic carbocycles. The minimum Gasteiger partial charge on any atom is -0.445 e. The van der Waals surface area contributed by atoms with Crippen LogP contribution in [0.1, 0.15) is 34.6 Å². The number of aryl methyl sites for hydroxylation is 2. The van der Waals surface area contributed by atoms with Gasteiger partial charge in [0.05, 0.1) is 16.9 Å². The molecule has 1 aromatic heterocycles. The third-order valence-electron chi connectivity index (χ3n) is 3.81. The molecule has 0 N–H and O–H groups in total. The van der Waals surface area contributed by atoms with Gasteiger partial charge in [-0.15, -0.1) is 6.42 Å². The predicted molar refractivity (Wildman–Crippen MR) is 83.8 cm³/mol. The maximum Gasteiger partial charge on any atom is 0.339 e. The van der Waals surface area contributed by atoms with Crippen molar-refractivity contribution < 1.29 is 9.53 Å². The molecular weight excluding hydrogens is 276 g/mol. The highest BCUT2D eigenvalue weighted by molar-refractivity contribution is 5.89. The Hall–Kier alpha value is -2.54. The Morgan fingerprint density at radius 1 is 1.36 bits per heavy atom. The number of esters is 1. The molecule has 3 rings (SSSR count). The first-order valence-corrected chi connectivity index (χ1v) is 7.39. The summed E-state index contributed by atoms with van der Waals surface area (Å²) in [6.45, 7) is 3.95. The van der Waals surface area contributed by atoms with Crippen molar-refractivity contribution in [2.24, 2.45) is 5.92 Å². The number of ether oxygens (including phenoxy) is 1. The summed E-state index contributed by atoms with van der Waals surface area (Å²) in [5.74, 6) is 2.53. The summed E-state index contributed by atoms with van der Waals surface area (Å²) in [6, 6.07) is 9.22. The maximum absolute atomic E-state index is 12.1. The quantitative estimate of drug-likeness (QED) is 0.643. The van der Waals surface area contributed by atoms with Crippen LogP contribution in [0.15, 0.2) is 30.3 Å². The number of aromatic nitrogens is 2. The monoisotopic (exact) mass is 294 g/mol. The standard InChI is InChI=1S/C18H18N2O2/c1-4-17(14-5-6-14)22-18(21)15-7-9-16(10-8-15)20-13(3)11-12(2)19-20/h1,7-11,14,17H,5-6H2,2-3H3/t17-/m0/s1. The van der Waals surface area contributed by atoms with E-state index in [0.29, 0.717) is 11.5 Å². The van der Waals surface area contributed by atoms with Crippen molar-refractivity contribution in [3.8, 4) is 18.0 Å². The molecule has 0 saturated heterocycles. The first-order valence-electron chi connectivity index (χ1n) is 7.39. The molecule has 0 amide bonds. The van der Waals surface area contributed by atoms with E-state index < -0.39 is 6.10 Å². The van der Waals surface area contributed by atoms with Crippen molar-refractivity contribution in [2.45, 2.75) is 32.8 Å². The Morgan fingerprint density at radius 3 is 2.55 bits per heavy atom. The van der Waals surface area contributed by atoms with E-state index in [1.54, 1.807) is 12.1 Å². The third-order valence-corrected chi connectivity index (χ3v) is 3.81. The second-order valence-electron chi connectivity index (χ2n) is 5.72. The molecule has 0 spiro atoms. The summed E-state index contributed by atoms with van der Waals surface area (Å²) in [6.07, 6.45) is 7.10. The zero-order valence-electron chi connectivity index (χ0n) is 12.7. The van der Waals surface area contributed by atoms with E-state index >= 15 is 0 Å². The first kappa shape index (κ1) is 14.4. The van der Waals surface area contributed by atoms with Crippen LogP contribution in [0.4, 0.5) is 0 Å². The van der Waals surface area contributed by atoms with Gasteiger partial charge in [-0.2, -0.15) is 5.10 Å². The number of benzene rings is 1. The molecule has 1 fully saturated rings. The summed E-state index contributed by atoms with van der Waals surface area (Å²) < 4.78 is 7.23. The fourth-order valence-corrected chi connectivity index (χ4v) is 2.48. The Labute approximate surface area is 130 Å². The van der Waals surface area contributed by atoms with E-state index in [-0.39, 0.29) is 5.97 Å². The third kappa shape index (κ3) is 2.89. The highest BCUT2D eigenvalue weighted by atomic mass is 16.5.